The third kappa shape index (κ3) is 4.02. The van der Waals surface area contributed by atoms with Gasteiger partial charge in [-0.05, 0) is 36.2 Å². The lowest BCUT2D eigenvalue weighted by Crippen LogP contribution is -2.26. The third-order valence-electron chi connectivity index (χ3n) is 4.38. The van der Waals surface area contributed by atoms with Gasteiger partial charge in [0.2, 0.25) is 5.91 Å². The number of nitrogens with one attached hydrogen (secondary N) is 1. The summed E-state index contributed by atoms with van der Waals surface area (Å²) in [6.45, 7) is 2.42. The van der Waals surface area contributed by atoms with Crippen molar-refractivity contribution in [1.82, 2.24) is 14.9 Å². The second-order valence-electron chi connectivity index (χ2n) is 6.27. The van der Waals surface area contributed by atoms with Crippen LogP contribution >= 0.6 is 15.9 Å². The van der Waals surface area contributed by atoms with Gasteiger partial charge in [-0.25, -0.2) is 4.98 Å². The normalized spacial score (nSPS) is 10.9. The number of rotatable bonds is 5. The number of fused-ring (bicyclic) bond motifs is 1. The van der Waals surface area contributed by atoms with Gasteiger partial charge in [0.1, 0.15) is 5.82 Å². The summed E-state index contributed by atoms with van der Waals surface area (Å²) >= 11 is 3.39. The topological polar surface area (TPSA) is 64.0 Å². The first-order chi connectivity index (χ1) is 12.5. The Labute approximate surface area is 160 Å². The average molecular weight is 414 g/mol. The third-order valence-corrected chi connectivity index (χ3v) is 4.91. The number of carbonyl (C=O) groups is 1. The highest BCUT2D eigenvalue weighted by atomic mass is 79.9. The van der Waals surface area contributed by atoms with E-state index in [0.717, 1.165) is 15.6 Å². The zero-order chi connectivity index (χ0) is 18.7. The van der Waals surface area contributed by atoms with E-state index in [1.165, 1.54) is 4.57 Å². The van der Waals surface area contributed by atoms with Crippen LogP contribution in [-0.2, 0) is 24.8 Å². The number of para-hydroxylation sites is 1. The van der Waals surface area contributed by atoms with Crippen molar-refractivity contribution in [2.24, 2.45) is 7.05 Å². The van der Waals surface area contributed by atoms with E-state index >= 15 is 0 Å². The lowest BCUT2D eigenvalue weighted by Gasteiger charge is -2.11. The molecule has 0 atom stereocenters. The van der Waals surface area contributed by atoms with Crippen molar-refractivity contribution in [3.63, 3.8) is 0 Å². The van der Waals surface area contributed by atoms with Crippen LogP contribution in [0.4, 0.5) is 0 Å². The molecule has 0 saturated carbocycles. The van der Waals surface area contributed by atoms with Crippen LogP contribution in [0.3, 0.4) is 0 Å². The predicted molar refractivity (Wildman–Crippen MR) is 106 cm³/mol. The molecule has 2 aromatic carbocycles. The number of aromatic nitrogens is 2. The maximum Gasteiger partial charge on any atom is 0.261 e. The minimum Gasteiger partial charge on any atom is -0.352 e. The Morgan fingerprint density at radius 1 is 1.19 bits per heavy atom. The average Bonchev–Trinajstić information content (AvgIpc) is 2.63. The van der Waals surface area contributed by atoms with E-state index in [-0.39, 0.29) is 17.9 Å². The number of nitrogens with zero attached hydrogens (tertiary/aromatic N) is 2. The monoisotopic (exact) mass is 413 g/mol. The number of amides is 1. The fraction of sp³-hybridized carbons (Fsp3) is 0.250. The molecular formula is C20H20BrN3O2. The Kier molecular flexibility index (Phi) is 5.52. The van der Waals surface area contributed by atoms with Gasteiger partial charge in [0.25, 0.3) is 5.56 Å². The van der Waals surface area contributed by atoms with Crippen LogP contribution in [0.25, 0.3) is 10.9 Å². The Balaban J connectivity index is 1.68. The molecule has 0 aliphatic heterocycles. The fourth-order valence-electron chi connectivity index (χ4n) is 2.82. The molecular weight excluding hydrogens is 394 g/mol. The maximum atomic E-state index is 12.5. The van der Waals surface area contributed by atoms with Crippen LogP contribution < -0.4 is 10.9 Å². The number of benzene rings is 2. The molecule has 0 bridgehead atoms. The zero-order valence-corrected chi connectivity index (χ0v) is 16.3. The minimum atomic E-state index is -0.0797. The van der Waals surface area contributed by atoms with E-state index < -0.39 is 0 Å². The van der Waals surface area contributed by atoms with Gasteiger partial charge in [-0.2, -0.15) is 0 Å². The van der Waals surface area contributed by atoms with Gasteiger partial charge < -0.3 is 5.32 Å². The van der Waals surface area contributed by atoms with Crippen LogP contribution in [0.5, 0.6) is 0 Å². The first kappa shape index (κ1) is 18.3. The number of halogens is 1. The largest absolute Gasteiger partial charge is 0.352 e. The van der Waals surface area contributed by atoms with Crippen LogP contribution in [0.1, 0.15) is 23.4 Å². The summed E-state index contributed by atoms with van der Waals surface area (Å²) < 4.78 is 2.54. The van der Waals surface area contributed by atoms with Gasteiger partial charge in [-0.15, -0.1) is 0 Å². The lowest BCUT2D eigenvalue weighted by atomic mass is 10.1. The van der Waals surface area contributed by atoms with E-state index in [4.69, 9.17) is 0 Å². The molecule has 3 rings (SSSR count). The first-order valence-corrected chi connectivity index (χ1v) is 9.21. The molecule has 0 radical (unpaired) electrons. The maximum absolute atomic E-state index is 12.5. The summed E-state index contributed by atoms with van der Waals surface area (Å²) in [5.41, 5.74) is 2.62. The fourth-order valence-corrected chi connectivity index (χ4v) is 3.09. The van der Waals surface area contributed by atoms with Gasteiger partial charge in [-0.1, -0.05) is 40.2 Å². The summed E-state index contributed by atoms with van der Waals surface area (Å²) in [6.07, 6.45) is 0.705. The second kappa shape index (κ2) is 7.83. The van der Waals surface area contributed by atoms with Crippen molar-refractivity contribution in [1.29, 1.82) is 0 Å². The number of carbonyl (C=O) groups excluding carboxylic acids is 1. The second-order valence-corrected chi connectivity index (χ2v) is 7.18. The first-order valence-electron chi connectivity index (χ1n) is 8.42. The Hall–Kier alpha value is -2.47. The Morgan fingerprint density at radius 2 is 1.92 bits per heavy atom. The Morgan fingerprint density at radius 3 is 2.65 bits per heavy atom. The van der Waals surface area contributed by atoms with Crippen molar-refractivity contribution < 1.29 is 4.79 Å². The minimum absolute atomic E-state index is 0.0629. The SMILES string of the molecule is Cc1cccc2c(=O)n(C)c(CCC(=O)NCc3ccc(Br)cc3)nc12. The smallest absolute Gasteiger partial charge is 0.261 e. The van der Waals surface area contributed by atoms with Crippen LogP contribution in [0.15, 0.2) is 51.7 Å². The molecule has 1 amide bonds. The summed E-state index contributed by atoms with van der Waals surface area (Å²) in [6, 6.07) is 13.4. The van der Waals surface area contributed by atoms with Crippen molar-refractivity contribution in [3.05, 3.63) is 74.2 Å². The summed E-state index contributed by atoms with van der Waals surface area (Å²) in [5, 5.41) is 3.51. The van der Waals surface area contributed by atoms with E-state index in [1.807, 2.05) is 43.3 Å². The molecule has 26 heavy (non-hydrogen) atoms. The van der Waals surface area contributed by atoms with E-state index in [2.05, 4.69) is 26.2 Å². The van der Waals surface area contributed by atoms with Crippen molar-refractivity contribution in [3.8, 4) is 0 Å². The number of hydrogen-bond donors (Lipinski definition) is 1. The highest BCUT2D eigenvalue weighted by Crippen LogP contribution is 2.14. The number of aryl methyl sites for hydroxylation is 2. The molecule has 0 aliphatic carbocycles. The molecule has 0 aliphatic rings. The van der Waals surface area contributed by atoms with Crippen LogP contribution in [-0.4, -0.2) is 15.5 Å². The van der Waals surface area contributed by atoms with Crippen LogP contribution in [0.2, 0.25) is 0 Å². The number of hydrogen-bond acceptors (Lipinski definition) is 3. The molecule has 5 nitrogen and oxygen atoms in total. The predicted octanol–water partition coefficient (Wildman–Crippen LogP) is 3.25. The van der Waals surface area contributed by atoms with Gasteiger partial charge >= 0.3 is 0 Å². The van der Waals surface area contributed by atoms with Gasteiger partial charge in [0.05, 0.1) is 10.9 Å². The Bertz CT molecular complexity index is 1010. The van der Waals surface area contributed by atoms with Gasteiger partial charge in [0, 0.05) is 30.9 Å². The highest BCUT2D eigenvalue weighted by Gasteiger charge is 2.11. The van der Waals surface area contributed by atoms with Crippen molar-refractivity contribution >= 4 is 32.7 Å². The van der Waals surface area contributed by atoms with Gasteiger partial charge in [-0.3, -0.25) is 14.2 Å². The van der Waals surface area contributed by atoms with Gasteiger partial charge in [0.15, 0.2) is 0 Å². The molecule has 6 heteroatoms. The standard InChI is InChI=1S/C20H20BrN3O2/c1-13-4-3-5-16-19(13)23-17(24(2)20(16)26)10-11-18(25)22-12-14-6-8-15(21)9-7-14/h3-9H,10-12H2,1-2H3,(H,22,25). The molecule has 1 aromatic heterocycles. The molecule has 1 heterocycles. The molecule has 0 fully saturated rings. The lowest BCUT2D eigenvalue weighted by molar-refractivity contribution is -0.121. The van der Waals surface area contributed by atoms with Crippen molar-refractivity contribution in [2.75, 3.05) is 0 Å². The molecule has 0 saturated heterocycles. The summed E-state index contributed by atoms with van der Waals surface area (Å²) in [7, 11) is 1.70. The van der Waals surface area contributed by atoms with E-state index in [9.17, 15) is 9.59 Å². The molecule has 0 spiro atoms. The summed E-state index contributed by atoms with van der Waals surface area (Å²) in [5.74, 6) is 0.558. The molecule has 3 aromatic rings. The highest BCUT2D eigenvalue weighted by molar-refractivity contribution is 9.10. The molecule has 1 N–H and O–H groups in total. The zero-order valence-electron chi connectivity index (χ0n) is 14.8. The molecule has 0 unspecified atom stereocenters. The summed E-state index contributed by atoms with van der Waals surface area (Å²) in [4.78, 5) is 29.3. The van der Waals surface area contributed by atoms with E-state index in [0.29, 0.717) is 29.7 Å². The van der Waals surface area contributed by atoms with Crippen LogP contribution in [0, 0.1) is 6.92 Å². The van der Waals surface area contributed by atoms with E-state index in [1.54, 1.807) is 13.1 Å². The molecule has 134 valence electrons. The quantitative estimate of drug-likeness (QED) is 0.697. The van der Waals surface area contributed by atoms with Crippen molar-refractivity contribution in [2.45, 2.75) is 26.3 Å².